The summed E-state index contributed by atoms with van der Waals surface area (Å²) in [4.78, 5) is 30.2. The summed E-state index contributed by atoms with van der Waals surface area (Å²) in [6.07, 6.45) is 0.209. The number of nitrogens with zero attached hydrogens (tertiary/aromatic N) is 1. The Morgan fingerprint density at radius 2 is 2.07 bits per heavy atom. The van der Waals surface area contributed by atoms with E-state index in [2.05, 4.69) is 21.2 Å². The number of ether oxygens (including phenoxy) is 2. The zero-order chi connectivity index (χ0) is 19.6. The van der Waals surface area contributed by atoms with E-state index in [4.69, 9.17) is 25.9 Å². The SMILES string of the molecule is CCOC(=O)OC1=C(c2ccc(Br)cc2Cl)C(=O)NC12CCN(OC)CC2. The molecule has 1 aromatic rings. The van der Waals surface area contributed by atoms with Crippen LogP contribution in [-0.4, -0.2) is 49.5 Å². The summed E-state index contributed by atoms with van der Waals surface area (Å²) in [5.74, 6) is -0.0738. The standard InChI is InChI=1S/C18H20BrClN2O5/c1-3-26-17(24)27-15-14(12-5-4-11(19)10-13(12)20)16(23)21-18(15)6-8-22(25-2)9-7-18/h4-5,10H,3,6-9H2,1-2H3,(H,21,23). The number of hydrogen-bond donors (Lipinski definition) is 1. The lowest BCUT2D eigenvalue weighted by Crippen LogP contribution is -2.53. The second-order valence-corrected chi connectivity index (χ2v) is 7.58. The molecule has 1 aromatic carbocycles. The van der Waals surface area contributed by atoms with Gasteiger partial charge in [-0.05, 0) is 31.9 Å². The quantitative estimate of drug-likeness (QED) is 0.694. The Balaban J connectivity index is 2.06. The van der Waals surface area contributed by atoms with Crippen LogP contribution in [0.15, 0.2) is 28.4 Å². The third-order valence-corrected chi connectivity index (χ3v) is 5.53. The Bertz CT molecular complexity index is 790. The fraction of sp³-hybridized carbons (Fsp3) is 0.444. The van der Waals surface area contributed by atoms with Gasteiger partial charge >= 0.3 is 6.16 Å². The maximum absolute atomic E-state index is 12.9. The lowest BCUT2D eigenvalue weighted by Gasteiger charge is -2.38. The molecule has 1 amide bonds. The topological polar surface area (TPSA) is 77.1 Å². The number of nitrogens with one attached hydrogen (secondary N) is 1. The fourth-order valence-corrected chi connectivity index (χ4v) is 4.17. The minimum atomic E-state index is -0.844. The van der Waals surface area contributed by atoms with Gasteiger partial charge in [0, 0.05) is 28.1 Å². The van der Waals surface area contributed by atoms with Gasteiger partial charge in [-0.15, -0.1) is 0 Å². The van der Waals surface area contributed by atoms with Crippen molar-refractivity contribution in [2.24, 2.45) is 0 Å². The van der Waals surface area contributed by atoms with Gasteiger partial charge in [0.2, 0.25) is 0 Å². The van der Waals surface area contributed by atoms with Crippen molar-refractivity contribution in [2.45, 2.75) is 25.3 Å². The Labute approximate surface area is 170 Å². The van der Waals surface area contributed by atoms with Gasteiger partial charge in [-0.2, -0.15) is 5.06 Å². The first-order valence-electron chi connectivity index (χ1n) is 8.56. The van der Waals surface area contributed by atoms with Crippen LogP contribution in [0.5, 0.6) is 0 Å². The fourth-order valence-electron chi connectivity index (χ4n) is 3.40. The molecule has 2 aliphatic heterocycles. The van der Waals surface area contributed by atoms with Gasteiger partial charge in [-0.1, -0.05) is 33.6 Å². The maximum Gasteiger partial charge on any atom is 0.513 e. The Kier molecular flexibility index (Phi) is 6.10. The lowest BCUT2D eigenvalue weighted by molar-refractivity contribution is -0.152. The zero-order valence-electron chi connectivity index (χ0n) is 15.0. The van der Waals surface area contributed by atoms with Crippen molar-refractivity contribution in [2.75, 3.05) is 26.8 Å². The van der Waals surface area contributed by atoms with Gasteiger partial charge in [-0.25, -0.2) is 4.79 Å². The van der Waals surface area contributed by atoms with Crippen molar-refractivity contribution in [3.05, 3.63) is 39.0 Å². The largest absolute Gasteiger partial charge is 0.513 e. The molecule has 0 atom stereocenters. The number of amides is 1. The van der Waals surface area contributed by atoms with E-state index in [1.54, 1.807) is 37.3 Å². The number of halogens is 2. The molecule has 7 nitrogen and oxygen atoms in total. The summed E-state index contributed by atoms with van der Waals surface area (Å²) < 4.78 is 11.3. The number of carbonyl (C=O) groups is 2. The predicted molar refractivity (Wildman–Crippen MR) is 103 cm³/mol. The third kappa shape index (κ3) is 3.99. The van der Waals surface area contributed by atoms with Crippen LogP contribution in [0, 0.1) is 0 Å². The van der Waals surface area contributed by atoms with Gasteiger partial charge in [0.25, 0.3) is 5.91 Å². The van der Waals surface area contributed by atoms with Crippen molar-refractivity contribution < 1.29 is 23.9 Å². The Hall–Kier alpha value is -1.61. The molecule has 0 radical (unpaired) electrons. The number of carbonyl (C=O) groups excluding carboxylic acids is 2. The first kappa shape index (κ1) is 20.1. The minimum Gasteiger partial charge on any atom is -0.434 e. The van der Waals surface area contributed by atoms with Crippen molar-refractivity contribution >= 4 is 45.2 Å². The summed E-state index contributed by atoms with van der Waals surface area (Å²) in [6, 6.07) is 5.19. The lowest BCUT2D eigenvalue weighted by atomic mass is 9.86. The van der Waals surface area contributed by atoms with Crippen molar-refractivity contribution in [1.82, 2.24) is 10.4 Å². The first-order chi connectivity index (χ1) is 12.9. The second kappa shape index (κ2) is 8.18. The Morgan fingerprint density at radius 3 is 2.67 bits per heavy atom. The summed E-state index contributed by atoms with van der Waals surface area (Å²) in [5.41, 5.74) is -0.0425. The highest BCUT2D eigenvalue weighted by molar-refractivity contribution is 9.10. The summed E-state index contributed by atoms with van der Waals surface area (Å²) in [7, 11) is 1.60. The minimum absolute atomic E-state index is 0.173. The highest BCUT2D eigenvalue weighted by atomic mass is 79.9. The van der Waals surface area contributed by atoms with Crippen LogP contribution in [0.1, 0.15) is 25.3 Å². The van der Waals surface area contributed by atoms with Crippen LogP contribution in [0.2, 0.25) is 5.02 Å². The first-order valence-corrected chi connectivity index (χ1v) is 9.73. The number of hydrogen-bond acceptors (Lipinski definition) is 6. The second-order valence-electron chi connectivity index (χ2n) is 6.26. The van der Waals surface area contributed by atoms with Crippen LogP contribution >= 0.6 is 27.5 Å². The van der Waals surface area contributed by atoms with E-state index in [9.17, 15) is 9.59 Å². The van der Waals surface area contributed by atoms with Crippen LogP contribution < -0.4 is 5.32 Å². The van der Waals surface area contributed by atoms with Crippen LogP contribution in [0.3, 0.4) is 0 Å². The predicted octanol–water partition coefficient (Wildman–Crippen LogP) is 3.51. The van der Waals surface area contributed by atoms with Gasteiger partial charge in [-0.3, -0.25) is 4.79 Å². The van der Waals surface area contributed by atoms with E-state index < -0.39 is 11.7 Å². The number of hydroxylamine groups is 2. The highest BCUT2D eigenvalue weighted by Gasteiger charge is 2.50. The molecule has 1 spiro atoms. The number of benzene rings is 1. The summed E-state index contributed by atoms with van der Waals surface area (Å²) in [5, 5.41) is 5.18. The molecule has 0 aromatic heterocycles. The van der Waals surface area contributed by atoms with Crippen molar-refractivity contribution in [1.29, 1.82) is 0 Å². The van der Waals surface area contributed by atoms with E-state index in [0.29, 0.717) is 36.5 Å². The van der Waals surface area contributed by atoms with E-state index in [-0.39, 0.29) is 23.8 Å². The van der Waals surface area contributed by atoms with E-state index in [1.807, 2.05) is 0 Å². The van der Waals surface area contributed by atoms with Crippen LogP contribution in [0.4, 0.5) is 4.79 Å². The molecule has 0 aliphatic carbocycles. The smallest absolute Gasteiger partial charge is 0.434 e. The highest BCUT2D eigenvalue weighted by Crippen LogP contribution is 2.42. The molecule has 9 heteroatoms. The molecular formula is C18H20BrClN2O5. The molecule has 2 heterocycles. The average Bonchev–Trinajstić information content (AvgIpc) is 2.87. The molecule has 1 saturated heterocycles. The molecule has 27 heavy (non-hydrogen) atoms. The molecule has 1 N–H and O–H groups in total. The molecule has 0 unspecified atom stereocenters. The van der Waals surface area contributed by atoms with E-state index in [0.717, 1.165) is 4.47 Å². The normalized spacial score (nSPS) is 19.3. The molecule has 0 bridgehead atoms. The number of piperidine rings is 1. The van der Waals surface area contributed by atoms with Crippen LogP contribution in [0.25, 0.3) is 5.57 Å². The average molecular weight is 460 g/mol. The molecule has 3 rings (SSSR count). The van der Waals surface area contributed by atoms with Crippen molar-refractivity contribution in [3.63, 3.8) is 0 Å². The number of rotatable bonds is 4. The van der Waals surface area contributed by atoms with E-state index in [1.165, 1.54) is 0 Å². The Morgan fingerprint density at radius 1 is 1.37 bits per heavy atom. The van der Waals surface area contributed by atoms with Crippen molar-refractivity contribution in [3.8, 4) is 0 Å². The summed E-state index contributed by atoms with van der Waals surface area (Å²) in [6.45, 7) is 3.01. The molecule has 146 valence electrons. The molecule has 0 saturated carbocycles. The van der Waals surface area contributed by atoms with E-state index >= 15 is 0 Å². The van der Waals surface area contributed by atoms with Crippen LogP contribution in [-0.2, 0) is 19.1 Å². The van der Waals surface area contributed by atoms with Gasteiger partial charge in [0.05, 0.1) is 19.3 Å². The third-order valence-electron chi connectivity index (χ3n) is 4.72. The molecule has 1 fully saturated rings. The molecule has 2 aliphatic rings. The monoisotopic (exact) mass is 458 g/mol. The van der Waals surface area contributed by atoms with Gasteiger partial charge in [0.1, 0.15) is 5.54 Å². The van der Waals surface area contributed by atoms with Gasteiger partial charge in [0.15, 0.2) is 5.76 Å². The maximum atomic E-state index is 12.9. The molecular weight excluding hydrogens is 440 g/mol. The van der Waals surface area contributed by atoms with Gasteiger partial charge < -0.3 is 19.6 Å². The zero-order valence-corrected chi connectivity index (χ0v) is 17.4. The summed E-state index contributed by atoms with van der Waals surface area (Å²) >= 11 is 9.72.